The zero-order valence-electron chi connectivity index (χ0n) is 19.6. The second kappa shape index (κ2) is 10.3. The first-order chi connectivity index (χ1) is 16.1. The monoisotopic (exact) mass is 483 g/mol. The van der Waals surface area contributed by atoms with Gasteiger partial charge in [-0.1, -0.05) is 49.1 Å². The molecule has 1 saturated carbocycles. The Bertz CT molecular complexity index is 1220. The van der Waals surface area contributed by atoms with Gasteiger partial charge in [0.25, 0.3) is 15.9 Å². The van der Waals surface area contributed by atoms with E-state index in [0.717, 1.165) is 24.8 Å². The van der Waals surface area contributed by atoms with Crippen LogP contribution in [0, 0.1) is 32.1 Å². The van der Waals surface area contributed by atoms with Gasteiger partial charge >= 0.3 is 5.97 Å². The van der Waals surface area contributed by atoms with Crippen LogP contribution in [0.3, 0.4) is 0 Å². The van der Waals surface area contributed by atoms with Crippen molar-refractivity contribution in [1.29, 1.82) is 5.26 Å². The molecule has 0 radical (unpaired) electrons. The van der Waals surface area contributed by atoms with E-state index in [0.29, 0.717) is 24.0 Å². The number of hydrogen-bond donors (Lipinski definition) is 2. The van der Waals surface area contributed by atoms with Crippen molar-refractivity contribution >= 4 is 27.6 Å². The predicted octanol–water partition coefficient (Wildman–Crippen LogP) is 3.91. The second-order valence-corrected chi connectivity index (χ2v) is 10.4. The Labute approximate surface area is 200 Å². The van der Waals surface area contributed by atoms with Crippen LogP contribution in [0.1, 0.15) is 59.2 Å². The molecule has 34 heavy (non-hydrogen) atoms. The van der Waals surface area contributed by atoms with Crippen molar-refractivity contribution in [3.63, 3.8) is 0 Å². The Morgan fingerprint density at radius 1 is 1.06 bits per heavy atom. The molecule has 1 fully saturated rings. The number of nitriles is 1. The number of carbonyl (C=O) groups is 2. The Balaban J connectivity index is 1.73. The minimum atomic E-state index is -3.98. The number of benzene rings is 2. The fourth-order valence-corrected chi connectivity index (χ4v) is 6.00. The number of aryl methyl sites for hydroxylation is 3. The van der Waals surface area contributed by atoms with Crippen LogP contribution in [0.2, 0.25) is 0 Å². The highest BCUT2D eigenvalue weighted by atomic mass is 32.2. The third kappa shape index (κ3) is 5.75. The summed E-state index contributed by atoms with van der Waals surface area (Å²) in [4.78, 5) is 25.2. The maximum atomic E-state index is 13.1. The van der Waals surface area contributed by atoms with Crippen LogP contribution in [0.4, 0.5) is 5.69 Å². The van der Waals surface area contributed by atoms with Crippen molar-refractivity contribution in [2.75, 3.05) is 11.3 Å². The minimum absolute atomic E-state index is 0.0195. The van der Waals surface area contributed by atoms with E-state index < -0.39 is 34.0 Å². The van der Waals surface area contributed by atoms with Crippen LogP contribution in [-0.4, -0.2) is 32.4 Å². The Morgan fingerprint density at radius 2 is 1.68 bits per heavy atom. The molecule has 8 nitrogen and oxygen atoms in total. The number of hydrogen-bond acceptors (Lipinski definition) is 6. The summed E-state index contributed by atoms with van der Waals surface area (Å²) in [5.41, 5.74) is 1.23. The lowest BCUT2D eigenvalue weighted by Crippen LogP contribution is -2.50. The molecule has 0 spiro atoms. The molecular formula is C25H29N3O5S. The number of carbonyl (C=O) groups excluding carboxylic acids is 2. The van der Waals surface area contributed by atoms with Crippen LogP contribution < -0.4 is 10.0 Å². The van der Waals surface area contributed by atoms with Crippen molar-refractivity contribution in [3.05, 3.63) is 58.7 Å². The van der Waals surface area contributed by atoms with Gasteiger partial charge < -0.3 is 10.1 Å². The summed E-state index contributed by atoms with van der Waals surface area (Å²) in [6.07, 6.45) is 3.84. The van der Waals surface area contributed by atoms with Crippen molar-refractivity contribution in [2.45, 2.75) is 63.3 Å². The van der Waals surface area contributed by atoms with Gasteiger partial charge in [0.1, 0.15) is 5.54 Å². The van der Waals surface area contributed by atoms with Gasteiger partial charge in [-0.2, -0.15) is 5.26 Å². The molecule has 0 saturated heterocycles. The number of amides is 1. The molecular weight excluding hydrogens is 454 g/mol. The van der Waals surface area contributed by atoms with Crippen LogP contribution in [-0.2, 0) is 19.6 Å². The van der Waals surface area contributed by atoms with Gasteiger partial charge in [0.05, 0.1) is 22.2 Å². The molecule has 2 aromatic carbocycles. The van der Waals surface area contributed by atoms with Gasteiger partial charge in [-0.25, -0.2) is 13.2 Å². The summed E-state index contributed by atoms with van der Waals surface area (Å²) in [6.45, 7) is 4.75. The van der Waals surface area contributed by atoms with Gasteiger partial charge in [-0.3, -0.25) is 9.52 Å². The number of esters is 1. The zero-order valence-corrected chi connectivity index (χ0v) is 20.4. The lowest BCUT2D eigenvalue weighted by Gasteiger charge is -2.31. The molecule has 2 aromatic rings. The molecule has 0 heterocycles. The molecule has 0 bridgehead atoms. The Hall–Kier alpha value is -3.38. The standard InChI is InChI=1S/C25H29N3O5S/c1-17-13-18(2)23(19(3)14-17)34(31,32)28-21-10-6-5-9-20(21)24(30)33-15-22(29)27-25(16-26)11-7-4-8-12-25/h5-6,9-10,13-14,28H,4,7-8,11-12,15H2,1-3H3,(H,27,29). The van der Waals surface area contributed by atoms with E-state index in [2.05, 4.69) is 16.1 Å². The fraction of sp³-hybridized carbons (Fsp3) is 0.400. The maximum Gasteiger partial charge on any atom is 0.340 e. The summed E-state index contributed by atoms with van der Waals surface area (Å²) in [6, 6.07) is 11.8. The number of nitrogens with zero attached hydrogens (tertiary/aromatic N) is 1. The van der Waals surface area contributed by atoms with Crippen LogP contribution in [0.5, 0.6) is 0 Å². The van der Waals surface area contributed by atoms with Crippen LogP contribution in [0.25, 0.3) is 0 Å². The second-order valence-electron chi connectivity index (χ2n) is 8.76. The number of para-hydroxylation sites is 1. The Morgan fingerprint density at radius 3 is 2.29 bits per heavy atom. The zero-order chi connectivity index (χ0) is 24.9. The average molecular weight is 484 g/mol. The van der Waals surface area contributed by atoms with Gasteiger partial charge in [0, 0.05) is 0 Å². The Kier molecular flexibility index (Phi) is 7.62. The van der Waals surface area contributed by atoms with E-state index in [-0.39, 0.29) is 16.1 Å². The summed E-state index contributed by atoms with van der Waals surface area (Å²) in [5.74, 6) is -1.42. The van der Waals surface area contributed by atoms with Crippen molar-refractivity contribution in [3.8, 4) is 6.07 Å². The molecule has 1 amide bonds. The van der Waals surface area contributed by atoms with E-state index in [9.17, 15) is 23.3 Å². The van der Waals surface area contributed by atoms with Crippen molar-refractivity contribution in [2.24, 2.45) is 0 Å². The average Bonchev–Trinajstić information content (AvgIpc) is 2.77. The molecule has 180 valence electrons. The number of anilines is 1. The molecule has 1 aliphatic carbocycles. The third-order valence-electron chi connectivity index (χ3n) is 5.90. The van der Waals surface area contributed by atoms with E-state index in [4.69, 9.17) is 4.74 Å². The van der Waals surface area contributed by atoms with Gasteiger partial charge in [0.15, 0.2) is 6.61 Å². The summed E-state index contributed by atoms with van der Waals surface area (Å²) >= 11 is 0. The predicted molar refractivity (Wildman–Crippen MR) is 128 cm³/mol. The first-order valence-electron chi connectivity index (χ1n) is 11.2. The third-order valence-corrected chi connectivity index (χ3v) is 7.57. The van der Waals surface area contributed by atoms with E-state index in [1.54, 1.807) is 38.1 Å². The highest BCUT2D eigenvalue weighted by Gasteiger charge is 2.34. The number of rotatable bonds is 7. The molecule has 9 heteroatoms. The molecule has 0 aromatic heterocycles. The largest absolute Gasteiger partial charge is 0.452 e. The molecule has 0 aliphatic heterocycles. The van der Waals surface area contributed by atoms with Gasteiger partial charge in [-0.15, -0.1) is 0 Å². The van der Waals surface area contributed by atoms with E-state index in [1.165, 1.54) is 12.1 Å². The smallest absolute Gasteiger partial charge is 0.340 e. The van der Waals surface area contributed by atoms with Gasteiger partial charge in [0.2, 0.25) is 0 Å². The SMILES string of the molecule is Cc1cc(C)c(S(=O)(=O)Nc2ccccc2C(=O)OCC(=O)NC2(C#N)CCCCC2)c(C)c1. The van der Waals surface area contributed by atoms with Gasteiger partial charge in [-0.05, 0) is 56.9 Å². The van der Waals surface area contributed by atoms with Crippen LogP contribution in [0.15, 0.2) is 41.3 Å². The molecule has 2 N–H and O–H groups in total. The fourth-order valence-electron chi connectivity index (χ4n) is 4.47. The normalized spacial score (nSPS) is 15.1. The molecule has 0 atom stereocenters. The summed E-state index contributed by atoms with van der Waals surface area (Å²) in [7, 11) is -3.98. The first-order valence-corrected chi connectivity index (χ1v) is 12.6. The highest BCUT2D eigenvalue weighted by Crippen LogP contribution is 2.28. The highest BCUT2D eigenvalue weighted by molar-refractivity contribution is 7.92. The lowest BCUT2D eigenvalue weighted by atomic mass is 9.83. The first kappa shape index (κ1) is 25.2. The van der Waals surface area contributed by atoms with E-state index >= 15 is 0 Å². The molecule has 1 aliphatic rings. The number of ether oxygens (including phenoxy) is 1. The van der Waals surface area contributed by atoms with E-state index in [1.807, 2.05) is 6.92 Å². The lowest BCUT2D eigenvalue weighted by molar-refractivity contribution is -0.125. The molecule has 3 rings (SSSR count). The topological polar surface area (TPSA) is 125 Å². The quantitative estimate of drug-likeness (QED) is 0.575. The summed E-state index contributed by atoms with van der Waals surface area (Å²) in [5, 5.41) is 12.2. The van der Waals surface area contributed by atoms with Crippen LogP contribution >= 0.6 is 0 Å². The number of sulfonamides is 1. The van der Waals surface area contributed by atoms with Crippen molar-refractivity contribution < 1.29 is 22.7 Å². The summed E-state index contributed by atoms with van der Waals surface area (Å²) < 4.78 is 33.9. The molecule has 0 unspecified atom stereocenters. The van der Waals surface area contributed by atoms with Crippen molar-refractivity contribution in [1.82, 2.24) is 5.32 Å². The minimum Gasteiger partial charge on any atom is -0.452 e. The maximum absolute atomic E-state index is 13.1. The number of nitrogens with one attached hydrogen (secondary N) is 2.